The van der Waals surface area contributed by atoms with E-state index >= 15 is 0 Å². The van der Waals surface area contributed by atoms with Crippen molar-refractivity contribution in [1.29, 1.82) is 0 Å². The van der Waals surface area contributed by atoms with Crippen LogP contribution in [0, 0.1) is 0 Å². The lowest BCUT2D eigenvalue weighted by atomic mass is 10.9. The molecule has 0 bridgehead atoms. The fourth-order valence-corrected chi connectivity index (χ4v) is 0.0833. The molecule has 0 radical (unpaired) electrons. The van der Waals surface area contributed by atoms with Crippen LogP contribution in [0.4, 0.5) is 0 Å². The van der Waals surface area contributed by atoms with E-state index in [1.807, 2.05) is 0 Å². The average Bonchev–Trinajstić information content (AvgIpc) is 2.29. The van der Waals surface area contributed by atoms with Gasteiger partial charge in [0.2, 0.25) is 0 Å². The second-order valence-corrected chi connectivity index (χ2v) is 3.53. The Morgan fingerprint density at radius 1 is 0.625 bits per heavy atom. The molecule has 0 saturated carbocycles. The Kier molecular flexibility index (Phi) is 22.0. The van der Waals surface area contributed by atoms with Gasteiger partial charge in [0.15, 0.2) is 10.1 Å². The minimum absolute atomic E-state index is 0.176. The molecule has 4 nitrogen and oxygen atoms in total. The molecular formula is C9H18O4S3. The second-order valence-electron chi connectivity index (χ2n) is 2.05. The van der Waals surface area contributed by atoms with E-state index in [1.54, 1.807) is 28.1 Å². The van der Waals surface area contributed by atoms with Crippen LogP contribution in [0.3, 0.4) is 0 Å². The summed E-state index contributed by atoms with van der Waals surface area (Å²) in [6.07, 6.45) is 0. The van der Waals surface area contributed by atoms with Gasteiger partial charge in [-0.15, -0.1) is 0 Å². The molecule has 96 valence electrons. The van der Waals surface area contributed by atoms with E-state index in [-0.39, 0.29) is 5.24 Å². The normalized spacial score (nSPS) is 6.88. The summed E-state index contributed by atoms with van der Waals surface area (Å²) in [4.78, 5) is 0. The predicted octanol–water partition coefficient (Wildman–Crippen LogP) is 2.52. The van der Waals surface area contributed by atoms with Crippen molar-refractivity contribution < 1.29 is 18.9 Å². The Morgan fingerprint density at radius 3 is 0.812 bits per heavy atom. The number of ether oxygens (including phenoxy) is 4. The third-order valence-electron chi connectivity index (χ3n) is 0.908. The maximum Gasteiger partial charge on any atom is 0.351 e. The molecule has 0 aliphatic carbocycles. The van der Waals surface area contributed by atoms with Gasteiger partial charge in [0.1, 0.15) is 0 Å². The first-order valence-electron chi connectivity index (χ1n) is 4.06. The minimum Gasteiger partial charge on any atom is -0.491 e. The van der Waals surface area contributed by atoms with E-state index in [9.17, 15) is 0 Å². The fourth-order valence-electron chi connectivity index (χ4n) is 0.0833. The van der Waals surface area contributed by atoms with Crippen LogP contribution in [0.2, 0.25) is 0 Å². The van der Waals surface area contributed by atoms with Crippen LogP contribution in [0.25, 0.3) is 0 Å². The van der Waals surface area contributed by atoms with E-state index in [1.165, 1.54) is 14.2 Å². The first-order chi connectivity index (χ1) is 7.35. The van der Waals surface area contributed by atoms with Crippen LogP contribution in [0.15, 0.2) is 0 Å². The van der Waals surface area contributed by atoms with Crippen molar-refractivity contribution in [3.05, 3.63) is 0 Å². The van der Waals surface area contributed by atoms with Crippen molar-refractivity contribution in [3.8, 4) is 0 Å². The monoisotopic (exact) mass is 286 g/mol. The van der Waals surface area contributed by atoms with Gasteiger partial charge in [0.05, 0.1) is 28.4 Å². The lowest BCUT2D eigenvalue weighted by Gasteiger charge is -1.94. The van der Waals surface area contributed by atoms with Crippen molar-refractivity contribution in [2.45, 2.75) is 13.8 Å². The quantitative estimate of drug-likeness (QED) is 0.633. The Labute approximate surface area is 113 Å². The highest BCUT2D eigenvalue weighted by Gasteiger charge is 1.81. The number of thiocarbonyl (C=S) groups is 3. The highest BCUT2D eigenvalue weighted by atomic mass is 32.1. The van der Waals surface area contributed by atoms with Gasteiger partial charge in [0, 0.05) is 26.1 Å². The molecule has 0 spiro atoms. The summed E-state index contributed by atoms with van der Waals surface area (Å²) < 4.78 is 17.8. The van der Waals surface area contributed by atoms with Crippen molar-refractivity contribution in [2.75, 3.05) is 28.4 Å². The zero-order valence-electron chi connectivity index (χ0n) is 10.4. The van der Waals surface area contributed by atoms with Crippen LogP contribution in [0.1, 0.15) is 13.8 Å². The molecule has 0 atom stereocenters. The predicted molar refractivity (Wildman–Crippen MR) is 77.2 cm³/mol. The molecule has 0 aromatic heterocycles. The molecule has 0 fully saturated rings. The average molecular weight is 286 g/mol. The molecule has 0 aromatic rings. The van der Waals surface area contributed by atoms with Gasteiger partial charge in [-0.1, -0.05) is 0 Å². The zero-order valence-corrected chi connectivity index (χ0v) is 12.8. The van der Waals surface area contributed by atoms with Gasteiger partial charge in [-0.3, -0.25) is 0 Å². The molecule has 0 rings (SSSR count). The largest absolute Gasteiger partial charge is 0.491 e. The third-order valence-corrected chi connectivity index (χ3v) is 1.57. The summed E-state index contributed by atoms with van der Waals surface area (Å²) in [5.41, 5.74) is 0. The molecule has 0 unspecified atom stereocenters. The summed E-state index contributed by atoms with van der Waals surface area (Å²) in [7, 11) is 6.04. The Balaban J connectivity index is -0.000000160. The molecule has 0 heterocycles. The van der Waals surface area contributed by atoms with Crippen molar-refractivity contribution >= 4 is 52.0 Å². The standard InChI is InChI=1S/C3H6O2S.2C3H6OS/c1-4-3(6)5-2;2*1-3(5)4-2/h1-2H3;2*1-2H3. The second kappa shape index (κ2) is 16.9. The van der Waals surface area contributed by atoms with Gasteiger partial charge < -0.3 is 18.9 Å². The fraction of sp³-hybridized carbons (Fsp3) is 0.667. The van der Waals surface area contributed by atoms with Gasteiger partial charge in [-0.25, -0.2) is 0 Å². The maximum absolute atomic E-state index is 4.48. The zero-order chi connectivity index (χ0) is 13.6. The molecule has 0 aliphatic rings. The summed E-state index contributed by atoms with van der Waals surface area (Å²) in [6.45, 7) is 3.46. The van der Waals surface area contributed by atoms with E-state index < -0.39 is 0 Å². The van der Waals surface area contributed by atoms with Gasteiger partial charge in [-0.2, -0.15) is 0 Å². The van der Waals surface area contributed by atoms with Crippen LogP contribution >= 0.6 is 36.7 Å². The van der Waals surface area contributed by atoms with Crippen LogP contribution in [-0.4, -0.2) is 43.8 Å². The summed E-state index contributed by atoms with van der Waals surface area (Å²) in [6, 6.07) is 0. The van der Waals surface area contributed by atoms with E-state index in [0.29, 0.717) is 10.1 Å². The lowest BCUT2D eigenvalue weighted by molar-refractivity contribution is 0.258. The molecule has 0 N–H and O–H groups in total. The summed E-state index contributed by atoms with van der Waals surface area (Å²) in [5.74, 6) is 0. The first kappa shape index (κ1) is 20.8. The molecule has 0 aromatic carbocycles. The Bertz CT molecular complexity index is 187. The topological polar surface area (TPSA) is 36.9 Å². The maximum atomic E-state index is 4.48. The van der Waals surface area contributed by atoms with Crippen LogP contribution < -0.4 is 0 Å². The molecule has 7 heteroatoms. The van der Waals surface area contributed by atoms with Gasteiger partial charge in [-0.05, 0) is 24.4 Å². The molecule has 16 heavy (non-hydrogen) atoms. The molecule has 0 aliphatic heterocycles. The SMILES string of the molecule is COC(=S)OC.COC(C)=S.COC(C)=S. The number of hydrogen-bond donors (Lipinski definition) is 0. The first-order valence-corrected chi connectivity index (χ1v) is 5.29. The van der Waals surface area contributed by atoms with Gasteiger partial charge in [0.25, 0.3) is 0 Å². The van der Waals surface area contributed by atoms with E-state index in [4.69, 9.17) is 0 Å². The lowest BCUT2D eigenvalue weighted by Crippen LogP contribution is -1.97. The van der Waals surface area contributed by atoms with Gasteiger partial charge >= 0.3 is 5.24 Å². The van der Waals surface area contributed by atoms with Crippen LogP contribution in [-0.2, 0) is 18.9 Å². The highest BCUT2D eigenvalue weighted by Crippen LogP contribution is 1.74. The van der Waals surface area contributed by atoms with E-state index in [0.717, 1.165) is 0 Å². The number of hydrogen-bond acceptors (Lipinski definition) is 7. The third kappa shape index (κ3) is 37.5. The Hall–Kier alpha value is -0.530. The van der Waals surface area contributed by atoms with Crippen LogP contribution in [0.5, 0.6) is 0 Å². The summed E-state index contributed by atoms with van der Waals surface area (Å²) in [5, 5.41) is 1.35. The number of methoxy groups -OCH3 is 4. The van der Waals surface area contributed by atoms with Crippen molar-refractivity contribution in [2.24, 2.45) is 0 Å². The Morgan fingerprint density at radius 2 is 0.812 bits per heavy atom. The van der Waals surface area contributed by atoms with Crippen molar-refractivity contribution in [3.63, 3.8) is 0 Å². The molecular weight excluding hydrogens is 268 g/mol. The van der Waals surface area contributed by atoms with Crippen molar-refractivity contribution in [1.82, 2.24) is 0 Å². The number of rotatable bonds is 0. The minimum atomic E-state index is 0.176. The van der Waals surface area contributed by atoms with E-state index in [2.05, 4.69) is 55.6 Å². The summed E-state index contributed by atoms with van der Waals surface area (Å²) >= 11 is 13.4. The molecule has 0 saturated heterocycles. The highest BCUT2D eigenvalue weighted by molar-refractivity contribution is 7.80. The molecule has 0 amide bonds. The smallest absolute Gasteiger partial charge is 0.351 e.